The molecule has 2 aromatic carbocycles. The third kappa shape index (κ3) is 6.17. The van der Waals surface area contributed by atoms with Crippen LogP contribution in [0.5, 0.6) is 5.75 Å². The van der Waals surface area contributed by atoms with Crippen LogP contribution < -0.4 is 15.8 Å². The summed E-state index contributed by atoms with van der Waals surface area (Å²) in [4.78, 5) is 12.8. The maximum Gasteiger partial charge on any atom is 0.254 e. The van der Waals surface area contributed by atoms with E-state index in [0.29, 0.717) is 11.5 Å². The van der Waals surface area contributed by atoms with Crippen LogP contribution in [0.1, 0.15) is 49.5 Å². The number of benzene rings is 2. The van der Waals surface area contributed by atoms with Crippen molar-refractivity contribution in [1.29, 1.82) is 5.41 Å². The normalized spacial score (nSPS) is 14.8. The van der Waals surface area contributed by atoms with Crippen molar-refractivity contribution in [3.63, 3.8) is 0 Å². The number of nitrogens with one attached hydrogen (secondary N) is 2. The first-order chi connectivity index (χ1) is 14.8. The molecule has 9 heteroatoms. The number of carbonyl (C=O) groups is 1. The molecule has 4 N–H and O–H groups in total. The van der Waals surface area contributed by atoms with Crippen LogP contribution in [0, 0.1) is 23.0 Å². The fourth-order valence-electron chi connectivity index (χ4n) is 3.28. The quantitative estimate of drug-likeness (QED) is 0.359. The number of nitrogens with two attached hydrogens (primary N) is 1. The summed E-state index contributed by atoms with van der Waals surface area (Å²) in [5, 5.41) is 10.1. The second-order valence-corrected chi connectivity index (χ2v) is 7.60. The van der Waals surface area contributed by atoms with Gasteiger partial charge in [0.05, 0.1) is 11.7 Å². The number of amidine groups is 1. The molecule has 1 fully saturated rings. The van der Waals surface area contributed by atoms with E-state index in [9.17, 15) is 9.18 Å². The summed E-state index contributed by atoms with van der Waals surface area (Å²) in [5.41, 5.74) is 6.26. The summed E-state index contributed by atoms with van der Waals surface area (Å²) in [6.07, 6.45) is 0.397. The van der Waals surface area contributed by atoms with Gasteiger partial charge >= 0.3 is 0 Å². The lowest BCUT2D eigenvalue weighted by molar-refractivity contribution is -0.133. The number of rotatable bonds is 10. The van der Waals surface area contributed by atoms with Crippen molar-refractivity contribution in [3.8, 4) is 5.75 Å². The molecule has 1 saturated carbocycles. The predicted molar refractivity (Wildman–Crippen MR) is 120 cm³/mol. The highest BCUT2D eigenvalue weighted by molar-refractivity contribution is 5.94. The highest BCUT2D eigenvalue weighted by Crippen LogP contribution is 2.37. The monoisotopic (exact) mass is 467 g/mol. The molecule has 0 radical (unpaired) electrons. The molecule has 174 valence electrons. The van der Waals surface area contributed by atoms with Crippen molar-refractivity contribution in [3.05, 3.63) is 64.7 Å². The zero-order valence-corrected chi connectivity index (χ0v) is 18.8. The maximum absolute atomic E-state index is 15.1. The number of carbonyl (C=O) groups excluding carboxylic acids is 1. The van der Waals surface area contributed by atoms with Gasteiger partial charge in [-0.1, -0.05) is 24.3 Å². The van der Waals surface area contributed by atoms with Crippen molar-refractivity contribution in [2.45, 2.75) is 45.4 Å². The van der Waals surface area contributed by atoms with Gasteiger partial charge in [0.15, 0.2) is 17.7 Å². The molecule has 2 atom stereocenters. The van der Waals surface area contributed by atoms with Crippen molar-refractivity contribution in [2.24, 2.45) is 11.7 Å². The average Bonchev–Trinajstić information content (AvgIpc) is 3.59. The molecule has 3 rings (SSSR count). The van der Waals surface area contributed by atoms with Gasteiger partial charge in [-0.05, 0) is 50.3 Å². The average molecular weight is 468 g/mol. The van der Waals surface area contributed by atoms with Gasteiger partial charge in [0.25, 0.3) is 5.91 Å². The zero-order valence-electron chi connectivity index (χ0n) is 18.0. The molecular weight excluding hydrogens is 440 g/mol. The minimum atomic E-state index is -1.46. The van der Waals surface area contributed by atoms with E-state index in [2.05, 4.69) is 5.32 Å². The first kappa shape index (κ1) is 25.5. The Hall–Kier alpha value is -2.71. The summed E-state index contributed by atoms with van der Waals surface area (Å²) in [6.45, 7) is 3.71. The second-order valence-electron chi connectivity index (χ2n) is 7.60. The van der Waals surface area contributed by atoms with Crippen LogP contribution >= 0.6 is 12.4 Å². The summed E-state index contributed by atoms with van der Waals surface area (Å²) in [7, 11) is 0. The van der Waals surface area contributed by atoms with Crippen molar-refractivity contribution < 1.29 is 23.0 Å². The molecule has 6 nitrogen and oxygen atoms in total. The minimum absolute atomic E-state index is 0. The summed E-state index contributed by atoms with van der Waals surface area (Å²) in [6, 6.07) is 9.07. The first-order valence-corrected chi connectivity index (χ1v) is 10.3. The summed E-state index contributed by atoms with van der Waals surface area (Å²) < 4.78 is 40.8. The van der Waals surface area contributed by atoms with Gasteiger partial charge in [0, 0.05) is 18.7 Å². The third-order valence-electron chi connectivity index (χ3n) is 5.26. The number of hydrogen-bond donors (Lipinski definition) is 3. The molecular formula is C23H28ClF2N3O3. The van der Waals surface area contributed by atoms with E-state index >= 15 is 4.39 Å². The van der Waals surface area contributed by atoms with Gasteiger partial charge < -0.3 is 20.5 Å². The fraction of sp³-hybridized carbons (Fsp3) is 0.391. The Labute approximate surface area is 192 Å². The number of ether oxygens (including phenoxy) is 2. The highest BCUT2D eigenvalue weighted by Gasteiger charge is 2.33. The van der Waals surface area contributed by atoms with Crippen LogP contribution in [0.3, 0.4) is 0 Å². The van der Waals surface area contributed by atoms with E-state index in [1.807, 2.05) is 6.92 Å². The van der Waals surface area contributed by atoms with Gasteiger partial charge in [-0.3, -0.25) is 10.2 Å². The Morgan fingerprint density at radius 3 is 2.44 bits per heavy atom. The van der Waals surface area contributed by atoms with Gasteiger partial charge in [0.2, 0.25) is 0 Å². The Morgan fingerprint density at radius 2 is 1.88 bits per heavy atom. The number of hydrogen-bond acceptors (Lipinski definition) is 4. The molecule has 1 aliphatic carbocycles. The minimum Gasteiger partial charge on any atom is -0.487 e. The third-order valence-corrected chi connectivity index (χ3v) is 5.26. The van der Waals surface area contributed by atoms with Crippen LogP contribution in [0.15, 0.2) is 36.4 Å². The smallest absolute Gasteiger partial charge is 0.254 e. The molecule has 0 heterocycles. The van der Waals surface area contributed by atoms with Crippen LogP contribution in [-0.4, -0.2) is 24.5 Å². The molecule has 0 spiro atoms. The predicted octanol–water partition coefficient (Wildman–Crippen LogP) is 4.24. The van der Waals surface area contributed by atoms with E-state index in [-0.39, 0.29) is 43.2 Å². The lowest BCUT2D eigenvalue weighted by Crippen LogP contribution is -2.32. The Kier molecular flexibility index (Phi) is 8.98. The van der Waals surface area contributed by atoms with Gasteiger partial charge in [-0.25, -0.2) is 8.78 Å². The summed E-state index contributed by atoms with van der Waals surface area (Å²) >= 11 is 0. The lowest BCUT2D eigenvalue weighted by Gasteiger charge is -2.21. The van der Waals surface area contributed by atoms with Gasteiger partial charge in [-0.2, -0.15) is 0 Å². The van der Waals surface area contributed by atoms with Gasteiger partial charge in [0.1, 0.15) is 11.7 Å². The standard InChI is InChI=1S/C23H27F2N3O3.ClH/c1-3-30-21(23(29)28-12-14-4-6-16(7-5-14)22(26)27)19-17(24)10-11-18(20(19)25)31-13(2)15-8-9-15;/h4-7,10-11,13,15,21H,3,8-9,12H2,1-2H3,(H3,26,27)(H,28,29);1H/t13?,21-;/m0./s1. The molecule has 0 aromatic heterocycles. The van der Waals surface area contributed by atoms with E-state index < -0.39 is 29.2 Å². The number of amides is 1. The van der Waals surface area contributed by atoms with Crippen molar-refractivity contribution in [1.82, 2.24) is 5.32 Å². The van der Waals surface area contributed by atoms with Crippen LogP contribution in [0.2, 0.25) is 0 Å². The molecule has 0 saturated heterocycles. The van der Waals surface area contributed by atoms with Crippen LogP contribution in [-0.2, 0) is 16.1 Å². The number of nitrogen functional groups attached to an aromatic ring is 1. The van der Waals surface area contributed by atoms with E-state index in [4.69, 9.17) is 20.6 Å². The SMILES string of the molecule is CCO[C@H](C(=O)NCc1ccc(C(=N)N)cc1)c1c(F)ccc(OC(C)C2CC2)c1F.Cl. The zero-order chi connectivity index (χ0) is 22.5. The van der Waals surface area contributed by atoms with Crippen molar-refractivity contribution in [2.75, 3.05) is 6.61 Å². The molecule has 32 heavy (non-hydrogen) atoms. The Balaban J connectivity index is 0.00000363. The fourth-order valence-corrected chi connectivity index (χ4v) is 3.28. The Bertz CT molecular complexity index is 952. The van der Waals surface area contributed by atoms with E-state index in [1.165, 1.54) is 6.07 Å². The Morgan fingerprint density at radius 1 is 1.22 bits per heavy atom. The number of halogens is 3. The van der Waals surface area contributed by atoms with Gasteiger partial charge in [-0.15, -0.1) is 12.4 Å². The lowest BCUT2D eigenvalue weighted by atomic mass is 10.1. The van der Waals surface area contributed by atoms with E-state index in [0.717, 1.165) is 24.5 Å². The molecule has 2 aromatic rings. The second kappa shape index (κ2) is 11.2. The largest absolute Gasteiger partial charge is 0.487 e. The molecule has 1 unspecified atom stereocenters. The molecule has 1 aliphatic rings. The summed E-state index contributed by atoms with van der Waals surface area (Å²) in [5.74, 6) is -2.24. The maximum atomic E-state index is 15.1. The molecule has 0 aliphatic heterocycles. The highest BCUT2D eigenvalue weighted by atomic mass is 35.5. The van der Waals surface area contributed by atoms with Crippen LogP contribution in [0.25, 0.3) is 0 Å². The first-order valence-electron chi connectivity index (χ1n) is 10.3. The molecule has 1 amide bonds. The topological polar surface area (TPSA) is 97.4 Å². The van der Waals surface area contributed by atoms with Crippen LogP contribution in [0.4, 0.5) is 8.78 Å². The van der Waals surface area contributed by atoms with E-state index in [1.54, 1.807) is 31.2 Å². The van der Waals surface area contributed by atoms with Crippen molar-refractivity contribution >= 4 is 24.1 Å². The molecule has 0 bridgehead atoms.